The van der Waals surface area contributed by atoms with E-state index >= 15 is 0 Å². The third-order valence-electron chi connectivity index (χ3n) is 3.02. The Hall–Kier alpha value is -2.54. The van der Waals surface area contributed by atoms with E-state index in [1.165, 1.54) is 0 Å². The number of aromatic nitrogens is 6. The highest BCUT2D eigenvalue weighted by Crippen LogP contribution is 2.09. The molecular formula is C13H15N7. The minimum atomic E-state index is 0.0359. The molecule has 0 fully saturated rings. The zero-order chi connectivity index (χ0) is 13.8. The Morgan fingerprint density at radius 1 is 1.30 bits per heavy atom. The molecule has 0 saturated heterocycles. The number of tetrazole rings is 1. The van der Waals surface area contributed by atoms with Gasteiger partial charge in [-0.3, -0.25) is 0 Å². The number of H-pyrrole nitrogens is 1. The van der Waals surface area contributed by atoms with Gasteiger partial charge in [0, 0.05) is 18.3 Å². The van der Waals surface area contributed by atoms with Crippen molar-refractivity contribution in [3.8, 4) is 5.69 Å². The highest BCUT2D eigenvalue weighted by molar-refractivity contribution is 5.30. The van der Waals surface area contributed by atoms with Gasteiger partial charge in [-0.1, -0.05) is 23.4 Å². The fourth-order valence-corrected chi connectivity index (χ4v) is 1.89. The zero-order valence-corrected chi connectivity index (χ0v) is 11.1. The molecule has 0 saturated carbocycles. The molecule has 7 heteroatoms. The molecule has 3 rings (SSSR count). The number of hydrogen-bond acceptors (Lipinski definition) is 5. The van der Waals surface area contributed by atoms with Crippen LogP contribution in [0.2, 0.25) is 0 Å². The van der Waals surface area contributed by atoms with Crippen LogP contribution in [-0.4, -0.2) is 30.4 Å². The van der Waals surface area contributed by atoms with Gasteiger partial charge in [0.15, 0.2) is 5.82 Å². The monoisotopic (exact) mass is 269 g/mol. The summed E-state index contributed by atoms with van der Waals surface area (Å²) in [5.74, 6) is 0.653. The van der Waals surface area contributed by atoms with Crippen LogP contribution in [0.3, 0.4) is 0 Å². The maximum absolute atomic E-state index is 4.35. The fraction of sp³-hybridized carbons (Fsp3) is 0.231. The second-order valence-corrected chi connectivity index (χ2v) is 4.50. The minimum absolute atomic E-state index is 0.0359. The van der Waals surface area contributed by atoms with Crippen LogP contribution in [-0.2, 0) is 6.54 Å². The molecule has 7 nitrogen and oxygen atoms in total. The summed E-state index contributed by atoms with van der Waals surface area (Å²) < 4.78 is 1.86. The van der Waals surface area contributed by atoms with Crippen molar-refractivity contribution in [2.24, 2.45) is 0 Å². The molecule has 0 amide bonds. The Labute approximate surface area is 116 Å². The molecule has 3 aromatic rings. The van der Waals surface area contributed by atoms with E-state index in [2.05, 4.69) is 31.0 Å². The van der Waals surface area contributed by atoms with E-state index in [9.17, 15) is 0 Å². The van der Waals surface area contributed by atoms with E-state index in [1.54, 1.807) is 0 Å². The number of nitrogens with zero attached hydrogens (tertiary/aromatic N) is 5. The van der Waals surface area contributed by atoms with E-state index < -0.39 is 0 Å². The van der Waals surface area contributed by atoms with Crippen LogP contribution in [0.25, 0.3) is 5.69 Å². The maximum atomic E-state index is 4.35. The number of benzene rings is 1. The van der Waals surface area contributed by atoms with Crippen LogP contribution >= 0.6 is 0 Å². The average molecular weight is 269 g/mol. The quantitative estimate of drug-likeness (QED) is 0.728. The van der Waals surface area contributed by atoms with Gasteiger partial charge in [-0.05, 0) is 19.1 Å². The van der Waals surface area contributed by atoms with Gasteiger partial charge in [0.2, 0.25) is 0 Å². The molecule has 20 heavy (non-hydrogen) atoms. The summed E-state index contributed by atoms with van der Waals surface area (Å²) in [5, 5.41) is 21.6. The lowest BCUT2D eigenvalue weighted by molar-refractivity contribution is 0.546. The van der Waals surface area contributed by atoms with Gasteiger partial charge >= 0.3 is 0 Å². The number of aromatic amines is 1. The van der Waals surface area contributed by atoms with Gasteiger partial charge in [0.1, 0.15) is 0 Å². The number of para-hydroxylation sites is 1. The normalized spacial score (nSPS) is 12.4. The number of hydrogen-bond donors (Lipinski definition) is 2. The third-order valence-corrected chi connectivity index (χ3v) is 3.02. The molecule has 0 radical (unpaired) electrons. The lowest BCUT2D eigenvalue weighted by Crippen LogP contribution is -2.19. The summed E-state index contributed by atoms with van der Waals surface area (Å²) in [4.78, 5) is 0. The van der Waals surface area contributed by atoms with Crippen molar-refractivity contribution in [2.45, 2.75) is 19.5 Å². The molecule has 2 aromatic heterocycles. The second-order valence-electron chi connectivity index (χ2n) is 4.50. The molecule has 0 aliphatic heterocycles. The first kappa shape index (κ1) is 12.5. The highest BCUT2D eigenvalue weighted by atomic mass is 15.5. The van der Waals surface area contributed by atoms with Gasteiger partial charge in [-0.25, -0.2) is 4.68 Å². The van der Waals surface area contributed by atoms with Crippen molar-refractivity contribution in [2.75, 3.05) is 0 Å². The Morgan fingerprint density at radius 2 is 2.15 bits per heavy atom. The van der Waals surface area contributed by atoms with E-state index in [0.717, 1.165) is 11.3 Å². The summed E-state index contributed by atoms with van der Waals surface area (Å²) in [6, 6.07) is 10.1. The van der Waals surface area contributed by atoms with Crippen molar-refractivity contribution in [1.29, 1.82) is 0 Å². The molecule has 1 unspecified atom stereocenters. The van der Waals surface area contributed by atoms with Crippen molar-refractivity contribution in [3.63, 3.8) is 0 Å². The average Bonchev–Trinajstić information content (AvgIpc) is 3.17. The number of rotatable bonds is 5. The molecule has 0 aliphatic rings. The minimum Gasteiger partial charge on any atom is -0.303 e. The highest BCUT2D eigenvalue weighted by Gasteiger charge is 2.09. The first-order valence-corrected chi connectivity index (χ1v) is 6.38. The van der Waals surface area contributed by atoms with Crippen molar-refractivity contribution in [3.05, 3.63) is 54.1 Å². The van der Waals surface area contributed by atoms with E-state index in [-0.39, 0.29) is 6.04 Å². The van der Waals surface area contributed by atoms with Gasteiger partial charge in [-0.15, -0.1) is 10.2 Å². The Morgan fingerprint density at radius 3 is 2.90 bits per heavy atom. The summed E-state index contributed by atoms with van der Waals surface area (Å²) in [6.45, 7) is 2.69. The predicted octanol–water partition coefficient (Wildman–Crippen LogP) is 1.24. The Balaban J connectivity index is 1.63. The SMILES string of the molecule is CC(NCc1cnn(-c2ccccc2)c1)c1nn[nH]n1. The molecule has 1 atom stereocenters. The zero-order valence-electron chi connectivity index (χ0n) is 11.1. The molecule has 102 valence electrons. The van der Waals surface area contributed by atoms with Crippen LogP contribution in [0.5, 0.6) is 0 Å². The van der Waals surface area contributed by atoms with Gasteiger partial charge in [0.05, 0.1) is 17.9 Å². The smallest absolute Gasteiger partial charge is 0.191 e. The van der Waals surface area contributed by atoms with Gasteiger partial charge in [-0.2, -0.15) is 10.3 Å². The molecule has 0 aliphatic carbocycles. The molecule has 0 bridgehead atoms. The van der Waals surface area contributed by atoms with Crippen molar-refractivity contribution in [1.82, 2.24) is 35.7 Å². The first-order chi connectivity index (χ1) is 9.83. The Kier molecular flexibility index (Phi) is 3.51. The topological polar surface area (TPSA) is 84.3 Å². The van der Waals surface area contributed by atoms with Crippen LogP contribution in [0.4, 0.5) is 0 Å². The van der Waals surface area contributed by atoms with Crippen LogP contribution in [0.1, 0.15) is 24.4 Å². The summed E-state index contributed by atoms with van der Waals surface area (Å²) in [5.41, 5.74) is 2.15. The second kappa shape index (κ2) is 5.62. The van der Waals surface area contributed by atoms with Crippen LogP contribution in [0.15, 0.2) is 42.7 Å². The first-order valence-electron chi connectivity index (χ1n) is 6.38. The summed E-state index contributed by atoms with van der Waals surface area (Å²) in [6.07, 6.45) is 3.86. The van der Waals surface area contributed by atoms with Gasteiger partial charge in [0.25, 0.3) is 0 Å². The standard InChI is InChI=1S/C13H15N7/c1-10(13-16-18-19-17-13)14-7-11-8-15-20(9-11)12-5-3-2-4-6-12/h2-6,8-10,14H,7H2,1H3,(H,16,17,18,19). The molecule has 2 heterocycles. The van der Waals surface area contributed by atoms with Gasteiger partial charge < -0.3 is 5.32 Å². The van der Waals surface area contributed by atoms with Crippen molar-refractivity contribution >= 4 is 0 Å². The van der Waals surface area contributed by atoms with Crippen molar-refractivity contribution < 1.29 is 0 Å². The van der Waals surface area contributed by atoms with E-state index in [1.807, 2.05) is 54.3 Å². The van der Waals surface area contributed by atoms with E-state index in [0.29, 0.717) is 12.4 Å². The molecule has 2 N–H and O–H groups in total. The summed E-state index contributed by atoms with van der Waals surface area (Å²) in [7, 11) is 0. The predicted molar refractivity (Wildman–Crippen MR) is 73.0 cm³/mol. The third kappa shape index (κ3) is 2.72. The molecule has 1 aromatic carbocycles. The van der Waals surface area contributed by atoms with Crippen LogP contribution in [0, 0.1) is 0 Å². The maximum Gasteiger partial charge on any atom is 0.191 e. The number of nitrogens with one attached hydrogen (secondary N) is 2. The van der Waals surface area contributed by atoms with Crippen LogP contribution < -0.4 is 5.32 Å². The molecule has 0 spiro atoms. The summed E-state index contributed by atoms with van der Waals surface area (Å²) >= 11 is 0. The fourth-order valence-electron chi connectivity index (χ4n) is 1.89. The lowest BCUT2D eigenvalue weighted by atomic mass is 10.3. The largest absolute Gasteiger partial charge is 0.303 e. The lowest BCUT2D eigenvalue weighted by Gasteiger charge is -2.07. The Bertz CT molecular complexity index is 644. The van der Waals surface area contributed by atoms with E-state index in [4.69, 9.17) is 0 Å². The molecular weight excluding hydrogens is 254 g/mol.